The van der Waals surface area contributed by atoms with Crippen molar-refractivity contribution in [1.29, 1.82) is 5.26 Å². The number of nitrogens with zero attached hydrogens (tertiary/aromatic N) is 1. The maximum Gasteiger partial charge on any atom is 0.379 e. The van der Waals surface area contributed by atoms with Crippen molar-refractivity contribution in [3.8, 4) is 23.3 Å². The molecule has 0 spiro atoms. The second-order valence-electron chi connectivity index (χ2n) is 9.81. The normalized spacial score (nSPS) is 14.6. The molecule has 0 fully saturated rings. The average Bonchev–Trinajstić information content (AvgIpc) is 3.23. The first kappa shape index (κ1) is 26.4. The van der Waals surface area contributed by atoms with Crippen LogP contribution in [0.1, 0.15) is 53.4 Å². The van der Waals surface area contributed by atoms with E-state index in [4.69, 9.17) is 24.4 Å². The Kier molecular flexibility index (Phi) is 7.36. The number of esters is 1. The van der Waals surface area contributed by atoms with Crippen molar-refractivity contribution in [2.45, 2.75) is 33.1 Å². The molecule has 4 aromatic rings. The minimum Gasteiger partial charge on any atom is -0.494 e. The van der Waals surface area contributed by atoms with E-state index in [1.165, 1.54) is 0 Å². The van der Waals surface area contributed by atoms with Crippen molar-refractivity contribution in [1.82, 2.24) is 0 Å². The molecule has 1 aromatic heterocycles. The van der Waals surface area contributed by atoms with Gasteiger partial charge >= 0.3 is 5.97 Å². The van der Waals surface area contributed by atoms with Crippen molar-refractivity contribution < 1.29 is 23.4 Å². The maximum atomic E-state index is 13.0. The number of hydrogen-bond acceptors (Lipinski definition) is 7. The molecule has 3 aromatic carbocycles. The fourth-order valence-electron chi connectivity index (χ4n) is 4.59. The van der Waals surface area contributed by atoms with E-state index >= 15 is 0 Å². The largest absolute Gasteiger partial charge is 0.494 e. The Bertz CT molecular complexity index is 1650. The fourth-order valence-corrected chi connectivity index (χ4v) is 4.93. The van der Waals surface area contributed by atoms with Gasteiger partial charge in [-0.25, -0.2) is 4.79 Å². The van der Waals surface area contributed by atoms with Crippen LogP contribution >= 0.6 is 15.9 Å². The summed E-state index contributed by atoms with van der Waals surface area (Å²) in [6.07, 6.45) is 0.938. The number of carbonyl (C=O) groups is 1. The van der Waals surface area contributed by atoms with E-state index in [2.05, 4.69) is 35.8 Å². The molecule has 2 heterocycles. The van der Waals surface area contributed by atoms with Gasteiger partial charge < -0.3 is 24.4 Å². The number of aryl methyl sites for hydroxylation is 1. The van der Waals surface area contributed by atoms with E-state index in [0.29, 0.717) is 35.0 Å². The Labute approximate surface area is 234 Å². The van der Waals surface area contributed by atoms with Gasteiger partial charge in [-0.15, -0.1) is 0 Å². The second kappa shape index (κ2) is 10.9. The molecule has 0 aliphatic carbocycles. The first-order valence-electron chi connectivity index (χ1n) is 12.6. The minimum atomic E-state index is -0.625. The van der Waals surface area contributed by atoms with Gasteiger partial charge in [0, 0.05) is 27.1 Å². The number of fused-ring (bicyclic) bond motifs is 2. The van der Waals surface area contributed by atoms with E-state index in [1.807, 2.05) is 43.3 Å². The highest BCUT2D eigenvalue weighted by atomic mass is 79.9. The molecule has 0 radical (unpaired) electrons. The Morgan fingerprint density at radius 2 is 1.95 bits per heavy atom. The quantitative estimate of drug-likeness (QED) is 0.178. The number of nitriles is 1. The summed E-state index contributed by atoms with van der Waals surface area (Å²) < 4.78 is 24.0. The molecule has 7 nitrogen and oxygen atoms in total. The zero-order chi connectivity index (χ0) is 27.7. The van der Waals surface area contributed by atoms with Gasteiger partial charge in [0.2, 0.25) is 11.6 Å². The van der Waals surface area contributed by atoms with Gasteiger partial charge in [0.15, 0.2) is 0 Å². The molecule has 8 heteroatoms. The predicted molar refractivity (Wildman–Crippen MR) is 151 cm³/mol. The monoisotopic (exact) mass is 586 g/mol. The van der Waals surface area contributed by atoms with Gasteiger partial charge in [0.1, 0.15) is 34.5 Å². The number of nitrogens with two attached hydrogens (primary N) is 1. The Balaban J connectivity index is 1.43. The molecule has 0 saturated carbocycles. The highest BCUT2D eigenvalue weighted by Gasteiger charge is 2.31. The third-order valence-electron chi connectivity index (χ3n) is 6.64. The highest BCUT2D eigenvalue weighted by molar-refractivity contribution is 9.10. The van der Waals surface area contributed by atoms with Crippen LogP contribution in [-0.4, -0.2) is 12.6 Å². The lowest BCUT2D eigenvalue weighted by molar-refractivity contribution is 0.0702. The average molecular weight is 587 g/mol. The summed E-state index contributed by atoms with van der Waals surface area (Å²) >= 11 is 3.42. The van der Waals surface area contributed by atoms with E-state index < -0.39 is 11.9 Å². The lowest BCUT2D eigenvalue weighted by Crippen LogP contribution is -2.21. The third-order valence-corrected chi connectivity index (χ3v) is 7.14. The van der Waals surface area contributed by atoms with Crippen LogP contribution in [0.2, 0.25) is 0 Å². The molecule has 198 valence electrons. The summed E-state index contributed by atoms with van der Waals surface area (Å²) in [6.45, 7) is 6.71. The predicted octanol–water partition coefficient (Wildman–Crippen LogP) is 7.37. The van der Waals surface area contributed by atoms with E-state index in [-0.39, 0.29) is 17.4 Å². The molecule has 2 N–H and O–H groups in total. The van der Waals surface area contributed by atoms with E-state index in [0.717, 1.165) is 33.2 Å². The van der Waals surface area contributed by atoms with Crippen LogP contribution in [0.3, 0.4) is 0 Å². The van der Waals surface area contributed by atoms with Crippen molar-refractivity contribution in [3.63, 3.8) is 0 Å². The molecule has 39 heavy (non-hydrogen) atoms. The number of allylic oxidation sites excluding steroid dienone is 1. The summed E-state index contributed by atoms with van der Waals surface area (Å²) in [5, 5.41) is 10.7. The fraction of sp³-hybridized carbons (Fsp3) is 0.226. The lowest BCUT2D eigenvalue weighted by Gasteiger charge is -2.27. The smallest absolute Gasteiger partial charge is 0.379 e. The zero-order valence-electron chi connectivity index (χ0n) is 21.8. The molecular formula is C31H27BrN2O5. The first-order valence-corrected chi connectivity index (χ1v) is 13.4. The van der Waals surface area contributed by atoms with Crippen LogP contribution in [0.4, 0.5) is 0 Å². The third kappa shape index (κ3) is 5.36. The van der Waals surface area contributed by atoms with Gasteiger partial charge in [-0.05, 0) is 61.2 Å². The van der Waals surface area contributed by atoms with Gasteiger partial charge in [0.25, 0.3) is 0 Å². The van der Waals surface area contributed by atoms with Crippen LogP contribution in [0.25, 0.3) is 11.0 Å². The van der Waals surface area contributed by atoms with Crippen LogP contribution in [0.5, 0.6) is 17.2 Å². The van der Waals surface area contributed by atoms with Crippen molar-refractivity contribution in [2.75, 3.05) is 6.61 Å². The number of furan rings is 1. The van der Waals surface area contributed by atoms with Crippen molar-refractivity contribution >= 4 is 32.9 Å². The second-order valence-corrected chi connectivity index (χ2v) is 10.7. The topological polar surface area (TPSA) is 108 Å². The van der Waals surface area contributed by atoms with Crippen LogP contribution < -0.4 is 19.9 Å². The molecule has 1 aliphatic heterocycles. The van der Waals surface area contributed by atoms with Gasteiger partial charge in [-0.1, -0.05) is 48.0 Å². The molecule has 0 saturated heterocycles. The summed E-state index contributed by atoms with van der Waals surface area (Å²) in [6, 6.07) is 20.4. The Hall–Kier alpha value is -4.22. The lowest BCUT2D eigenvalue weighted by atomic mass is 9.83. The van der Waals surface area contributed by atoms with Gasteiger partial charge in [0.05, 0.1) is 12.5 Å². The number of benzene rings is 3. The first-order chi connectivity index (χ1) is 18.7. The van der Waals surface area contributed by atoms with Crippen LogP contribution in [0.15, 0.2) is 81.0 Å². The number of carbonyl (C=O) groups excluding carboxylic acids is 1. The summed E-state index contributed by atoms with van der Waals surface area (Å²) in [7, 11) is 0. The zero-order valence-corrected chi connectivity index (χ0v) is 23.4. The Morgan fingerprint density at radius 3 is 2.72 bits per heavy atom. The molecule has 1 aliphatic rings. The number of ether oxygens (including phenoxy) is 3. The number of rotatable bonds is 7. The molecular weight excluding hydrogens is 560 g/mol. The SMILES string of the molecule is Cc1c(C(=O)Oc2ccc3c(c2)OC(N)=C(C#N)C3c2cccc(OCCC(C)C)c2)oc2cc(Br)ccc12. The summed E-state index contributed by atoms with van der Waals surface area (Å²) in [5.74, 6) is 0.951. The summed E-state index contributed by atoms with van der Waals surface area (Å²) in [5.41, 5.74) is 9.33. The Morgan fingerprint density at radius 1 is 1.13 bits per heavy atom. The maximum absolute atomic E-state index is 13.0. The minimum absolute atomic E-state index is 0.00307. The number of halogens is 1. The summed E-state index contributed by atoms with van der Waals surface area (Å²) in [4.78, 5) is 13.0. The molecule has 1 atom stereocenters. The molecule has 0 bridgehead atoms. The van der Waals surface area contributed by atoms with Crippen LogP contribution in [0, 0.1) is 24.2 Å². The molecule has 1 unspecified atom stereocenters. The standard InChI is InChI=1S/C31H27BrN2O5/c1-17(2)11-12-36-21-6-4-5-19(13-21)28-24-10-8-22(15-27(24)39-30(34)25(28)16-33)37-31(35)29-18(3)23-9-7-20(32)14-26(23)38-29/h4-10,13-15,17,28H,11-12,34H2,1-3H3. The van der Waals surface area contributed by atoms with Crippen molar-refractivity contribution in [2.24, 2.45) is 11.7 Å². The highest BCUT2D eigenvalue weighted by Crippen LogP contribution is 2.44. The van der Waals surface area contributed by atoms with Gasteiger partial charge in [-0.2, -0.15) is 5.26 Å². The van der Waals surface area contributed by atoms with E-state index in [1.54, 1.807) is 24.3 Å². The van der Waals surface area contributed by atoms with E-state index in [9.17, 15) is 10.1 Å². The van der Waals surface area contributed by atoms with Crippen molar-refractivity contribution in [3.05, 3.63) is 99.0 Å². The van der Waals surface area contributed by atoms with Crippen LogP contribution in [-0.2, 0) is 0 Å². The number of hydrogen-bond donors (Lipinski definition) is 1. The molecule has 0 amide bonds. The van der Waals surface area contributed by atoms with Gasteiger partial charge in [-0.3, -0.25) is 0 Å². The molecule has 5 rings (SSSR count).